The lowest BCUT2D eigenvalue weighted by Crippen LogP contribution is -2.37. The average molecular weight is 444 g/mol. The molecule has 0 saturated carbocycles. The Kier molecular flexibility index (Phi) is 7.74. The van der Waals surface area contributed by atoms with E-state index in [2.05, 4.69) is 64.2 Å². The van der Waals surface area contributed by atoms with Crippen LogP contribution < -0.4 is 4.74 Å². The summed E-state index contributed by atoms with van der Waals surface area (Å²) in [5, 5.41) is 0. The van der Waals surface area contributed by atoms with E-state index in [-0.39, 0.29) is 11.8 Å². The fourth-order valence-corrected chi connectivity index (χ4v) is 4.74. The highest BCUT2D eigenvalue weighted by molar-refractivity contribution is 5.81. The minimum absolute atomic E-state index is 0.0863. The first-order chi connectivity index (χ1) is 16.2. The number of benzene rings is 2. The van der Waals surface area contributed by atoms with Gasteiger partial charge in [0.25, 0.3) is 0 Å². The van der Waals surface area contributed by atoms with Gasteiger partial charge in [-0.3, -0.25) is 14.7 Å². The van der Waals surface area contributed by atoms with Gasteiger partial charge in [-0.1, -0.05) is 49.4 Å². The molecule has 2 heterocycles. The Bertz CT molecular complexity index is 1050. The number of pyridine rings is 1. The Morgan fingerprint density at radius 1 is 0.970 bits per heavy atom. The zero-order valence-corrected chi connectivity index (χ0v) is 19.6. The van der Waals surface area contributed by atoms with E-state index in [0.717, 1.165) is 56.0 Å². The molecule has 0 radical (unpaired) electrons. The van der Waals surface area contributed by atoms with Crippen molar-refractivity contribution in [1.82, 2.24) is 14.8 Å². The third-order valence-corrected chi connectivity index (χ3v) is 6.36. The average Bonchev–Trinajstić information content (AvgIpc) is 2.99. The van der Waals surface area contributed by atoms with E-state index in [9.17, 15) is 4.79 Å². The molecular formula is C28H33N3O2. The van der Waals surface area contributed by atoms with Gasteiger partial charge in [0.1, 0.15) is 5.75 Å². The van der Waals surface area contributed by atoms with Crippen LogP contribution in [0, 0.1) is 5.92 Å². The van der Waals surface area contributed by atoms with E-state index in [1.54, 1.807) is 7.11 Å². The summed E-state index contributed by atoms with van der Waals surface area (Å²) < 4.78 is 5.63. The van der Waals surface area contributed by atoms with Crippen LogP contribution in [0.15, 0.2) is 73.1 Å². The van der Waals surface area contributed by atoms with E-state index >= 15 is 0 Å². The van der Waals surface area contributed by atoms with Gasteiger partial charge in [-0.15, -0.1) is 0 Å². The summed E-state index contributed by atoms with van der Waals surface area (Å²) in [5.41, 5.74) is 4.61. The fourth-order valence-electron chi connectivity index (χ4n) is 4.74. The Balaban J connectivity index is 1.62. The molecule has 1 aromatic heterocycles. The zero-order valence-electron chi connectivity index (χ0n) is 19.6. The molecule has 0 spiro atoms. The van der Waals surface area contributed by atoms with Gasteiger partial charge >= 0.3 is 0 Å². The second-order valence-corrected chi connectivity index (χ2v) is 8.67. The highest BCUT2D eigenvalue weighted by Gasteiger charge is 2.30. The van der Waals surface area contributed by atoms with Gasteiger partial charge in [0.2, 0.25) is 5.91 Å². The van der Waals surface area contributed by atoms with Crippen molar-refractivity contribution in [3.63, 3.8) is 0 Å². The van der Waals surface area contributed by atoms with Gasteiger partial charge < -0.3 is 9.64 Å². The van der Waals surface area contributed by atoms with E-state index in [4.69, 9.17) is 4.74 Å². The SMILES string of the molecule is CCCN1CCN(Cc2ccncc2)CC(Cc2ccccc2-c2ccccc2OC)C1=O. The number of carbonyl (C=O) groups excluding carboxylic acids is 1. The van der Waals surface area contributed by atoms with Crippen molar-refractivity contribution in [3.05, 3.63) is 84.2 Å². The van der Waals surface area contributed by atoms with E-state index in [1.807, 2.05) is 30.6 Å². The first kappa shape index (κ1) is 23.0. The third-order valence-electron chi connectivity index (χ3n) is 6.36. The van der Waals surface area contributed by atoms with Crippen LogP contribution in [0.1, 0.15) is 24.5 Å². The zero-order chi connectivity index (χ0) is 23.0. The number of ether oxygens (including phenoxy) is 1. The van der Waals surface area contributed by atoms with Crippen molar-refractivity contribution in [2.75, 3.05) is 33.3 Å². The molecule has 1 saturated heterocycles. The number of methoxy groups -OCH3 is 1. The van der Waals surface area contributed by atoms with Crippen molar-refractivity contribution in [2.45, 2.75) is 26.3 Å². The molecule has 1 aliphatic heterocycles. The molecule has 2 aromatic carbocycles. The molecule has 1 aliphatic rings. The lowest BCUT2D eigenvalue weighted by atomic mass is 9.91. The van der Waals surface area contributed by atoms with E-state index < -0.39 is 0 Å². The van der Waals surface area contributed by atoms with Crippen LogP contribution in [0.5, 0.6) is 5.75 Å². The standard InChI is InChI=1S/C28H33N3O2/c1-3-16-31-18-17-30(20-22-12-14-29-15-13-22)21-24(28(31)32)19-23-8-4-5-9-25(23)26-10-6-7-11-27(26)33-2/h4-15,24H,3,16-21H2,1-2H3. The summed E-state index contributed by atoms with van der Waals surface area (Å²) in [6.45, 7) is 6.20. The second-order valence-electron chi connectivity index (χ2n) is 8.67. The Labute approximate surface area is 197 Å². The van der Waals surface area contributed by atoms with E-state index in [0.29, 0.717) is 6.42 Å². The van der Waals surface area contributed by atoms with Crippen LogP contribution >= 0.6 is 0 Å². The largest absolute Gasteiger partial charge is 0.496 e. The molecule has 1 unspecified atom stereocenters. The molecule has 172 valence electrons. The minimum atomic E-state index is -0.0863. The highest BCUT2D eigenvalue weighted by atomic mass is 16.5. The van der Waals surface area contributed by atoms with Crippen molar-refractivity contribution < 1.29 is 9.53 Å². The van der Waals surface area contributed by atoms with Crippen LogP contribution in [0.3, 0.4) is 0 Å². The summed E-state index contributed by atoms with van der Waals surface area (Å²) in [7, 11) is 1.70. The summed E-state index contributed by atoms with van der Waals surface area (Å²) >= 11 is 0. The second kappa shape index (κ2) is 11.1. The predicted molar refractivity (Wildman–Crippen MR) is 132 cm³/mol. The summed E-state index contributed by atoms with van der Waals surface area (Å²) in [4.78, 5) is 22.2. The van der Waals surface area contributed by atoms with E-state index in [1.165, 1.54) is 11.1 Å². The Hall–Kier alpha value is -3.18. The molecule has 1 amide bonds. The molecule has 1 fully saturated rings. The number of hydrogen-bond acceptors (Lipinski definition) is 4. The van der Waals surface area contributed by atoms with Gasteiger partial charge in [0.05, 0.1) is 13.0 Å². The number of hydrogen-bond donors (Lipinski definition) is 0. The molecule has 33 heavy (non-hydrogen) atoms. The molecule has 5 heteroatoms. The first-order valence-corrected chi connectivity index (χ1v) is 11.8. The number of nitrogens with zero attached hydrogens (tertiary/aromatic N) is 3. The van der Waals surface area contributed by atoms with Crippen molar-refractivity contribution in [3.8, 4) is 16.9 Å². The Morgan fingerprint density at radius 2 is 1.70 bits per heavy atom. The molecule has 0 bridgehead atoms. The molecule has 0 aliphatic carbocycles. The Morgan fingerprint density at radius 3 is 2.45 bits per heavy atom. The maximum atomic E-state index is 13.6. The van der Waals surface area contributed by atoms with Crippen LogP contribution in [0.2, 0.25) is 0 Å². The lowest BCUT2D eigenvalue weighted by molar-refractivity contribution is -0.134. The number of rotatable bonds is 8. The highest BCUT2D eigenvalue weighted by Crippen LogP contribution is 2.33. The normalized spacial score (nSPS) is 17.1. The molecular weight excluding hydrogens is 410 g/mol. The summed E-state index contributed by atoms with van der Waals surface area (Å²) in [6.07, 6.45) is 5.35. The van der Waals surface area contributed by atoms with Crippen LogP contribution in [-0.2, 0) is 17.8 Å². The number of carbonyl (C=O) groups is 1. The van der Waals surface area contributed by atoms with Crippen molar-refractivity contribution in [2.24, 2.45) is 5.92 Å². The van der Waals surface area contributed by atoms with Gasteiger partial charge in [0.15, 0.2) is 0 Å². The van der Waals surface area contributed by atoms with Crippen molar-refractivity contribution >= 4 is 5.91 Å². The quantitative estimate of drug-likeness (QED) is 0.508. The maximum absolute atomic E-state index is 13.6. The summed E-state index contributed by atoms with van der Waals surface area (Å²) in [6, 6.07) is 20.6. The predicted octanol–water partition coefficient (Wildman–Crippen LogP) is 4.67. The lowest BCUT2D eigenvalue weighted by Gasteiger charge is -2.25. The topological polar surface area (TPSA) is 45.7 Å². The molecule has 1 atom stereocenters. The van der Waals surface area contributed by atoms with Crippen LogP contribution in [-0.4, -0.2) is 54.0 Å². The van der Waals surface area contributed by atoms with Crippen LogP contribution in [0.25, 0.3) is 11.1 Å². The fraction of sp³-hybridized carbons (Fsp3) is 0.357. The maximum Gasteiger partial charge on any atom is 0.227 e. The monoisotopic (exact) mass is 443 g/mol. The van der Waals surface area contributed by atoms with Crippen LogP contribution in [0.4, 0.5) is 0 Å². The molecule has 4 rings (SSSR count). The molecule has 0 N–H and O–H groups in total. The third kappa shape index (κ3) is 5.60. The van der Waals surface area contributed by atoms with Gasteiger partial charge in [0, 0.05) is 50.7 Å². The van der Waals surface area contributed by atoms with Gasteiger partial charge in [-0.2, -0.15) is 0 Å². The first-order valence-electron chi connectivity index (χ1n) is 11.8. The van der Waals surface area contributed by atoms with Crippen molar-refractivity contribution in [1.29, 1.82) is 0 Å². The molecule has 3 aromatic rings. The molecule has 5 nitrogen and oxygen atoms in total. The van der Waals surface area contributed by atoms with Gasteiger partial charge in [-0.05, 0) is 47.7 Å². The smallest absolute Gasteiger partial charge is 0.227 e. The number of para-hydroxylation sites is 1. The number of amides is 1. The summed E-state index contributed by atoms with van der Waals surface area (Å²) in [5.74, 6) is 1.03. The number of aromatic nitrogens is 1. The van der Waals surface area contributed by atoms with Gasteiger partial charge in [-0.25, -0.2) is 0 Å². The minimum Gasteiger partial charge on any atom is -0.496 e.